The second-order valence-electron chi connectivity index (χ2n) is 7.76. The number of pyridine rings is 1. The predicted octanol–water partition coefficient (Wildman–Crippen LogP) is 2.55. The molecule has 2 aromatic rings. The van der Waals surface area contributed by atoms with Crippen molar-refractivity contribution in [2.24, 2.45) is 11.8 Å². The van der Waals surface area contributed by atoms with Gasteiger partial charge in [-0.3, -0.25) is 9.88 Å². The van der Waals surface area contributed by atoms with Crippen LogP contribution in [0.5, 0.6) is 17.2 Å². The number of nitrogens with zero attached hydrogens (tertiary/aromatic N) is 2. The lowest BCUT2D eigenvalue weighted by molar-refractivity contribution is -0.0108. The van der Waals surface area contributed by atoms with Crippen LogP contribution in [-0.2, 0) is 12.1 Å². The Morgan fingerprint density at radius 2 is 2.11 bits per heavy atom. The van der Waals surface area contributed by atoms with Gasteiger partial charge in [0.1, 0.15) is 11.4 Å². The predicted molar refractivity (Wildman–Crippen MR) is 98.7 cm³/mol. The van der Waals surface area contributed by atoms with Crippen molar-refractivity contribution in [1.82, 2.24) is 9.88 Å². The van der Waals surface area contributed by atoms with Gasteiger partial charge >= 0.3 is 0 Å². The summed E-state index contributed by atoms with van der Waals surface area (Å²) in [7, 11) is 1.68. The van der Waals surface area contributed by atoms with Gasteiger partial charge in [-0.1, -0.05) is 6.07 Å². The van der Waals surface area contributed by atoms with E-state index in [4.69, 9.17) is 14.2 Å². The largest absolute Gasteiger partial charge is 0.496 e. The van der Waals surface area contributed by atoms with Crippen LogP contribution >= 0.6 is 0 Å². The number of aliphatic hydroxyl groups is 1. The molecular formula is C21H24N2O4. The minimum atomic E-state index is -0.820. The third-order valence-corrected chi connectivity index (χ3v) is 6.30. The SMILES string of the molecule is COc1cc2c(cc1CN1C[C@@H]3CC[C@@](O)(c4ccccn4)[C@@H]3C1)OCO2. The van der Waals surface area contributed by atoms with E-state index in [1.165, 1.54) is 0 Å². The number of aromatic nitrogens is 1. The van der Waals surface area contributed by atoms with Gasteiger partial charge in [0.05, 0.1) is 12.8 Å². The highest BCUT2D eigenvalue weighted by molar-refractivity contribution is 5.51. The Bertz CT molecular complexity index is 844. The fraction of sp³-hybridized carbons (Fsp3) is 0.476. The molecule has 1 aromatic carbocycles. The molecule has 3 heterocycles. The van der Waals surface area contributed by atoms with Gasteiger partial charge in [-0.25, -0.2) is 0 Å². The van der Waals surface area contributed by atoms with Gasteiger partial charge in [-0.2, -0.15) is 0 Å². The summed E-state index contributed by atoms with van der Waals surface area (Å²) in [5.74, 6) is 3.04. The van der Waals surface area contributed by atoms with E-state index in [0.717, 1.165) is 61.0 Å². The van der Waals surface area contributed by atoms with E-state index in [9.17, 15) is 5.11 Å². The zero-order valence-electron chi connectivity index (χ0n) is 15.4. The Morgan fingerprint density at radius 3 is 2.89 bits per heavy atom. The average Bonchev–Trinajstić information content (AvgIpc) is 3.39. The molecule has 1 saturated carbocycles. The smallest absolute Gasteiger partial charge is 0.231 e. The monoisotopic (exact) mass is 368 g/mol. The van der Waals surface area contributed by atoms with Gasteiger partial charge in [-0.15, -0.1) is 0 Å². The quantitative estimate of drug-likeness (QED) is 0.895. The Balaban J connectivity index is 1.36. The van der Waals surface area contributed by atoms with E-state index in [1.54, 1.807) is 13.3 Å². The molecule has 0 unspecified atom stereocenters. The molecule has 1 saturated heterocycles. The van der Waals surface area contributed by atoms with Crippen LogP contribution in [0.2, 0.25) is 0 Å². The molecule has 5 rings (SSSR count). The van der Waals surface area contributed by atoms with Crippen molar-refractivity contribution in [2.45, 2.75) is 25.0 Å². The number of fused-ring (bicyclic) bond motifs is 2. The maximum Gasteiger partial charge on any atom is 0.231 e. The number of likely N-dealkylation sites (tertiary alicyclic amines) is 1. The van der Waals surface area contributed by atoms with Gasteiger partial charge in [0, 0.05) is 43.4 Å². The van der Waals surface area contributed by atoms with Crippen LogP contribution in [0.15, 0.2) is 36.5 Å². The average molecular weight is 368 g/mol. The van der Waals surface area contributed by atoms with Gasteiger partial charge in [0.25, 0.3) is 0 Å². The van der Waals surface area contributed by atoms with E-state index in [2.05, 4.69) is 9.88 Å². The molecule has 3 aliphatic rings. The molecule has 2 fully saturated rings. The molecule has 1 N–H and O–H groups in total. The summed E-state index contributed by atoms with van der Waals surface area (Å²) in [6.07, 6.45) is 3.60. The molecule has 6 nitrogen and oxygen atoms in total. The van der Waals surface area contributed by atoms with E-state index < -0.39 is 5.60 Å². The van der Waals surface area contributed by atoms with Crippen LogP contribution in [0.25, 0.3) is 0 Å². The van der Waals surface area contributed by atoms with Gasteiger partial charge in [0.2, 0.25) is 6.79 Å². The van der Waals surface area contributed by atoms with Gasteiger partial charge in [0.15, 0.2) is 11.5 Å². The van der Waals surface area contributed by atoms with Crippen LogP contribution in [0.3, 0.4) is 0 Å². The molecule has 0 bridgehead atoms. The van der Waals surface area contributed by atoms with Crippen LogP contribution in [0.4, 0.5) is 0 Å². The first kappa shape index (κ1) is 16.8. The molecule has 6 heteroatoms. The molecular weight excluding hydrogens is 344 g/mol. The van der Waals surface area contributed by atoms with Crippen molar-refractivity contribution < 1.29 is 19.3 Å². The lowest BCUT2D eigenvalue weighted by Crippen LogP contribution is -2.35. The van der Waals surface area contributed by atoms with Gasteiger partial charge < -0.3 is 19.3 Å². The Kier molecular flexibility index (Phi) is 3.98. The molecule has 3 atom stereocenters. The molecule has 0 radical (unpaired) electrons. The van der Waals surface area contributed by atoms with E-state index in [-0.39, 0.29) is 12.7 Å². The lowest BCUT2D eigenvalue weighted by Gasteiger charge is -2.29. The first-order chi connectivity index (χ1) is 13.2. The molecule has 1 aliphatic carbocycles. The first-order valence-electron chi connectivity index (χ1n) is 9.50. The molecule has 142 valence electrons. The Labute approximate surface area is 158 Å². The van der Waals surface area contributed by atoms with Crippen LogP contribution in [0.1, 0.15) is 24.1 Å². The second kappa shape index (κ2) is 6.39. The maximum atomic E-state index is 11.4. The normalized spacial score (nSPS) is 29.1. The van der Waals surface area contributed by atoms with Crippen LogP contribution in [0, 0.1) is 11.8 Å². The standard InChI is InChI=1S/C21H24N2O4/c1-25-17-9-19-18(26-13-27-19)8-15(17)11-23-10-14-5-6-21(24,16(14)12-23)20-4-2-3-7-22-20/h2-4,7-9,14,16,24H,5-6,10-13H2,1H3/t14-,16+,21-/m0/s1. The molecule has 2 aliphatic heterocycles. The highest BCUT2D eigenvalue weighted by Crippen LogP contribution is 2.50. The topological polar surface area (TPSA) is 64.1 Å². The lowest BCUT2D eigenvalue weighted by atomic mass is 9.85. The van der Waals surface area contributed by atoms with E-state index >= 15 is 0 Å². The van der Waals surface area contributed by atoms with Crippen molar-refractivity contribution in [1.29, 1.82) is 0 Å². The number of rotatable bonds is 4. The second-order valence-corrected chi connectivity index (χ2v) is 7.76. The molecule has 1 aromatic heterocycles. The summed E-state index contributed by atoms with van der Waals surface area (Å²) in [4.78, 5) is 6.85. The van der Waals surface area contributed by atoms with Crippen LogP contribution < -0.4 is 14.2 Å². The number of benzene rings is 1. The third kappa shape index (κ3) is 2.75. The fourth-order valence-electron chi connectivity index (χ4n) is 4.97. The fourth-order valence-corrected chi connectivity index (χ4v) is 4.97. The minimum absolute atomic E-state index is 0.215. The van der Waals surface area contributed by atoms with Crippen LogP contribution in [-0.4, -0.2) is 42.0 Å². The third-order valence-electron chi connectivity index (χ3n) is 6.30. The first-order valence-corrected chi connectivity index (χ1v) is 9.50. The van der Waals surface area contributed by atoms with Crippen molar-refractivity contribution in [3.63, 3.8) is 0 Å². The van der Waals surface area contributed by atoms with Crippen molar-refractivity contribution >= 4 is 0 Å². The number of ether oxygens (including phenoxy) is 3. The number of hydrogen-bond donors (Lipinski definition) is 1. The summed E-state index contributed by atoms with van der Waals surface area (Å²) in [5.41, 5.74) is 1.07. The molecule has 0 spiro atoms. The zero-order valence-corrected chi connectivity index (χ0v) is 15.4. The highest BCUT2D eigenvalue weighted by Gasteiger charge is 2.53. The Hall–Kier alpha value is -2.31. The van der Waals surface area contributed by atoms with Gasteiger partial charge in [-0.05, 0) is 37.0 Å². The van der Waals surface area contributed by atoms with Crippen molar-refractivity contribution in [3.8, 4) is 17.2 Å². The summed E-state index contributed by atoms with van der Waals surface area (Å²) < 4.78 is 16.5. The minimum Gasteiger partial charge on any atom is -0.496 e. The van der Waals surface area contributed by atoms with Crippen molar-refractivity contribution in [2.75, 3.05) is 27.0 Å². The highest BCUT2D eigenvalue weighted by atomic mass is 16.7. The van der Waals surface area contributed by atoms with E-state index in [1.807, 2.05) is 30.3 Å². The summed E-state index contributed by atoms with van der Waals surface area (Å²) >= 11 is 0. The zero-order chi connectivity index (χ0) is 18.4. The van der Waals surface area contributed by atoms with Crippen molar-refractivity contribution in [3.05, 3.63) is 47.8 Å². The number of hydrogen-bond acceptors (Lipinski definition) is 6. The summed E-state index contributed by atoms with van der Waals surface area (Å²) in [6, 6.07) is 9.72. The Morgan fingerprint density at radius 1 is 1.26 bits per heavy atom. The summed E-state index contributed by atoms with van der Waals surface area (Å²) in [5, 5.41) is 11.4. The molecule has 0 amide bonds. The molecule has 27 heavy (non-hydrogen) atoms. The number of methoxy groups -OCH3 is 1. The van der Waals surface area contributed by atoms with E-state index in [0.29, 0.717) is 5.92 Å². The maximum absolute atomic E-state index is 11.4. The summed E-state index contributed by atoms with van der Waals surface area (Å²) in [6.45, 7) is 2.87.